The maximum absolute atomic E-state index is 6.22. The molecule has 0 atom stereocenters. The molecule has 156 valence electrons. The number of hydrogen-bond acceptors (Lipinski definition) is 6. The first kappa shape index (κ1) is 18.4. The van der Waals surface area contributed by atoms with Gasteiger partial charge in [0.25, 0.3) is 0 Å². The van der Waals surface area contributed by atoms with Gasteiger partial charge in [-0.1, -0.05) is 18.2 Å². The van der Waals surface area contributed by atoms with Crippen molar-refractivity contribution in [2.75, 3.05) is 18.6 Å². The summed E-state index contributed by atoms with van der Waals surface area (Å²) in [6, 6.07) is 18.2. The molecule has 0 saturated heterocycles. The molecule has 32 heavy (non-hydrogen) atoms. The van der Waals surface area contributed by atoms with Gasteiger partial charge in [-0.15, -0.1) is 0 Å². The molecule has 0 spiro atoms. The summed E-state index contributed by atoms with van der Waals surface area (Å²) in [5, 5.41) is 2.27. The first-order chi connectivity index (χ1) is 15.8. The zero-order chi connectivity index (χ0) is 21.5. The number of ether oxygens (including phenoxy) is 1. The second-order valence-electron chi connectivity index (χ2n) is 7.73. The van der Waals surface area contributed by atoms with Crippen molar-refractivity contribution in [3.63, 3.8) is 0 Å². The molecule has 0 saturated carbocycles. The molecule has 6 rings (SSSR count). The lowest BCUT2D eigenvalue weighted by atomic mass is 10.1. The van der Waals surface area contributed by atoms with Gasteiger partial charge in [-0.25, -0.2) is 9.97 Å². The van der Waals surface area contributed by atoms with E-state index in [0.717, 1.165) is 39.9 Å². The second kappa shape index (κ2) is 7.39. The highest BCUT2D eigenvalue weighted by Gasteiger charge is 2.15. The van der Waals surface area contributed by atoms with Gasteiger partial charge in [0.1, 0.15) is 11.5 Å². The fourth-order valence-electron chi connectivity index (χ4n) is 4.09. The Hall–Kier alpha value is -4.39. The van der Waals surface area contributed by atoms with E-state index in [4.69, 9.17) is 4.74 Å². The lowest BCUT2D eigenvalue weighted by Crippen LogP contribution is -2.21. The summed E-state index contributed by atoms with van der Waals surface area (Å²) in [7, 11) is 2.04. The molecule has 0 N–H and O–H groups in total. The van der Waals surface area contributed by atoms with Crippen LogP contribution in [0, 0.1) is 0 Å². The van der Waals surface area contributed by atoms with E-state index in [-0.39, 0.29) is 0 Å². The first-order valence-electron chi connectivity index (χ1n) is 10.3. The van der Waals surface area contributed by atoms with Crippen molar-refractivity contribution in [2.24, 2.45) is 0 Å². The van der Waals surface area contributed by atoms with E-state index in [1.54, 1.807) is 18.6 Å². The Morgan fingerprint density at radius 3 is 2.50 bits per heavy atom. The molecule has 2 aromatic carbocycles. The van der Waals surface area contributed by atoms with Crippen molar-refractivity contribution in [1.82, 2.24) is 24.4 Å². The van der Waals surface area contributed by atoms with Gasteiger partial charge >= 0.3 is 0 Å². The third-order valence-electron chi connectivity index (χ3n) is 5.54. The molecule has 7 heteroatoms. The van der Waals surface area contributed by atoms with Crippen molar-refractivity contribution < 1.29 is 4.74 Å². The van der Waals surface area contributed by atoms with Crippen LogP contribution in [0.5, 0.6) is 11.5 Å². The predicted molar refractivity (Wildman–Crippen MR) is 125 cm³/mol. The van der Waals surface area contributed by atoms with Gasteiger partial charge in [-0.2, -0.15) is 0 Å². The molecule has 0 fully saturated rings. The van der Waals surface area contributed by atoms with E-state index in [1.807, 2.05) is 62.0 Å². The van der Waals surface area contributed by atoms with E-state index in [2.05, 4.69) is 47.5 Å². The lowest BCUT2D eigenvalue weighted by Gasteiger charge is -2.18. The van der Waals surface area contributed by atoms with E-state index in [9.17, 15) is 0 Å². The summed E-state index contributed by atoms with van der Waals surface area (Å²) in [5.41, 5.74) is 3.03. The monoisotopic (exact) mass is 420 g/mol. The second-order valence-corrected chi connectivity index (χ2v) is 7.73. The van der Waals surface area contributed by atoms with Crippen LogP contribution in [0.3, 0.4) is 0 Å². The van der Waals surface area contributed by atoms with Gasteiger partial charge in [0, 0.05) is 54.7 Å². The normalized spacial score (nSPS) is 13.4. The van der Waals surface area contributed by atoms with Crippen molar-refractivity contribution in [3.8, 4) is 17.4 Å². The SMILES string of the molecule is CN1C=CN(c2cncc(Oc3ccc4c5ccccc5n(-c5ncccn5)c4c3)c2)C1. The van der Waals surface area contributed by atoms with Crippen LogP contribution in [0.15, 0.2) is 91.8 Å². The Morgan fingerprint density at radius 1 is 0.812 bits per heavy atom. The largest absolute Gasteiger partial charge is 0.456 e. The molecule has 3 aromatic heterocycles. The van der Waals surface area contributed by atoms with Crippen molar-refractivity contribution in [3.05, 3.63) is 91.8 Å². The minimum absolute atomic E-state index is 0.629. The highest BCUT2D eigenvalue weighted by Crippen LogP contribution is 2.34. The summed E-state index contributed by atoms with van der Waals surface area (Å²) in [6.07, 6.45) is 11.1. The Bertz CT molecular complexity index is 1460. The number of fused-ring (bicyclic) bond motifs is 3. The van der Waals surface area contributed by atoms with Crippen molar-refractivity contribution in [1.29, 1.82) is 0 Å². The maximum atomic E-state index is 6.22. The Labute approximate surface area is 184 Å². The number of aromatic nitrogens is 4. The molecule has 0 amide bonds. The topological polar surface area (TPSA) is 59.3 Å². The van der Waals surface area contributed by atoms with Gasteiger partial charge in [0.05, 0.1) is 35.8 Å². The fraction of sp³-hybridized carbons (Fsp3) is 0.0800. The van der Waals surface area contributed by atoms with Gasteiger partial charge in [0.15, 0.2) is 0 Å². The highest BCUT2D eigenvalue weighted by atomic mass is 16.5. The molecule has 1 aliphatic rings. The standard InChI is InChI=1S/C25H20N6O/c1-29-11-12-30(17-29)18-13-20(16-26-15-18)32-19-7-8-22-21-5-2-3-6-23(21)31(24(22)14-19)25-27-9-4-10-28-25/h2-16H,17H2,1H3. The summed E-state index contributed by atoms with van der Waals surface area (Å²) in [6.45, 7) is 0.786. The number of anilines is 1. The molecule has 4 heterocycles. The van der Waals surface area contributed by atoms with Crippen molar-refractivity contribution in [2.45, 2.75) is 0 Å². The third kappa shape index (κ3) is 3.11. The van der Waals surface area contributed by atoms with E-state index in [1.165, 1.54) is 0 Å². The molecular weight excluding hydrogens is 400 g/mol. The quantitative estimate of drug-likeness (QED) is 0.410. The van der Waals surface area contributed by atoms with Crippen LogP contribution in [0.25, 0.3) is 27.8 Å². The number of pyridine rings is 1. The lowest BCUT2D eigenvalue weighted by molar-refractivity contribution is 0.479. The van der Waals surface area contributed by atoms with Crippen LogP contribution in [0.4, 0.5) is 5.69 Å². The Kier molecular flexibility index (Phi) is 4.24. The number of para-hydroxylation sites is 1. The summed E-state index contributed by atoms with van der Waals surface area (Å²) in [5.74, 6) is 2.04. The molecule has 0 aliphatic carbocycles. The average molecular weight is 420 g/mol. The van der Waals surface area contributed by atoms with Crippen molar-refractivity contribution >= 4 is 27.5 Å². The number of hydrogen-bond donors (Lipinski definition) is 0. The van der Waals surface area contributed by atoms with Gasteiger partial charge in [-0.05, 0) is 24.3 Å². The van der Waals surface area contributed by atoms with Gasteiger partial charge in [0.2, 0.25) is 5.95 Å². The molecule has 1 aliphatic heterocycles. The molecule has 0 bridgehead atoms. The summed E-state index contributed by atoms with van der Waals surface area (Å²) >= 11 is 0. The molecule has 0 radical (unpaired) electrons. The van der Waals surface area contributed by atoms with Crippen LogP contribution in [0.2, 0.25) is 0 Å². The smallest absolute Gasteiger partial charge is 0.234 e. The van der Waals surface area contributed by atoms with Gasteiger partial charge < -0.3 is 14.5 Å². The number of benzene rings is 2. The van der Waals surface area contributed by atoms with Crippen LogP contribution in [-0.2, 0) is 0 Å². The number of nitrogens with zero attached hydrogens (tertiary/aromatic N) is 6. The summed E-state index contributed by atoms with van der Waals surface area (Å²) < 4.78 is 8.29. The maximum Gasteiger partial charge on any atom is 0.234 e. The minimum Gasteiger partial charge on any atom is -0.456 e. The average Bonchev–Trinajstić information content (AvgIpc) is 3.41. The predicted octanol–water partition coefficient (Wildman–Crippen LogP) is 4.94. The fourth-order valence-corrected chi connectivity index (χ4v) is 4.09. The Balaban J connectivity index is 1.43. The molecule has 5 aromatic rings. The first-order valence-corrected chi connectivity index (χ1v) is 10.3. The van der Waals surface area contributed by atoms with E-state index < -0.39 is 0 Å². The van der Waals surface area contributed by atoms with E-state index >= 15 is 0 Å². The summed E-state index contributed by atoms with van der Waals surface area (Å²) in [4.78, 5) is 17.6. The van der Waals surface area contributed by atoms with Crippen LogP contribution >= 0.6 is 0 Å². The molecule has 0 unspecified atom stereocenters. The zero-order valence-corrected chi connectivity index (χ0v) is 17.5. The van der Waals surface area contributed by atoms with E-state index in [0.29, 0.717) is 11.7 Å². The van der Waals surface area contributed by atoms with Crippen LogP contribution < -0.4 is 9.64 Å². The minimum atomic E-state index is 0.629. The third-order valence-corrected chi connectivity index (χ3v) is 5.54. The van der Waals surface area contributed by atoms with Gasteiger partial charge in [-0.3, -0.25) is 9.55 Å². The molecular formula is C25H20N6O. The number of rotatable bonds is 4. The van der Waals surface area contributed by atoms with Crippen LogP contribution in [0.1, 0.15) is 0 Å². The highest BCUT2D eigenvalue weighted by molar-refractivity contribution is 6.09. The Morgan fingerprint density at radius 2 is 1.66 bits per heavy atom. The van der Waals surface area contributed by atoms with Crippen LogP contribution in [-0.4, -0.2) is 38.1 Å². The molecule has 7 nitrogen and oxygen atoms in total. The zero-order valence-electron chi connectivity index (χ0n) is 17.5.